The van der Waals surface area contributed by atoms with Crippen LogP contribution in [0.15, 0.2) is 18.2 Å². The van der Waals surface area contributed by atoms with Crippen molar-refractivity contribution in [3.8, 4) is 0 Å². The van der Waals surface area contributed by atoms with Crippen molar-refractivity contribution in [3.63, 3.8) is 0 Å². The van der Waals surface area contributed by atoms with Gasteiger partial charge in [-0.1, -0.05) is 31.5 Å². The van der Waals surface area contributed by atoms with Gasteiger partial charge in [-0.3, -0.25) is 0 Å². The Bertz CT molecular complexity index is 679. The number of halogens is 1. The van der Waals surface area contributed by atoms with E-state index in [1.165, 1.54) is 25.1 Å². The van der Waals surface area contributed by atoms with Crippen LogP contribution in [-0.4, -0.2) is 22.6 Å². The van der Waals surface area contributed by atoms with Gasteiger partial charge in [0.05, 0.1) is 16.1 Å². The van der Waals surface area contributed by atoms with E-state index >= 15 is 0 Å². The average Bonchev–Trinajstić information content (AvgIpc) is 3.03. The molecular weight excluding hydrogens is 282 g/mol. The molecular formula is C17H22ClN3. The van der Waals surface area contributed by atoms with Crippen molar-refractivity contribution in [2.24, 2.45) is 5.92 Å². The molecule has 2 heterocycles. The van der Waals surface area contributed by atoms with E-state index in [-0.39, 0.29) is 5.41 Å². The number of imidazole rings is 1. The molecule has 1 unspecified atom stereocenters. The highest BCUT2D eigenvalue weighted by Crippen LogP contribution is 2.46. The van der Waals surface area contributed by atoms with Gasteiger partial charge in [0, 0.05) is 18.0 Å². The highest BCUT2D eigenvalue weighted by molar-refractivity contribution is 6.35. The lowest BCUT2D eigenvalue weighted by Crippen LogP contribution is -2.37. The SMILES string of the molecule is CC(C)C1(c2nc3cccc(Cl)c3n2C2CC2)CCNC1. The third-order valence-corrected chi connectivity index (χ3v) is 5.62. The van der Waals surface area contributed by atoms with Crippen molar-refractivity contribution < 1.29 is 0 Å². The second-order valence-electron chi connectivity index (χ2n) is 6.88. The third kappa shape index (κ3) is 1.94. The Morgan fingerprint density at radius 3 is 2.81 bits per heavy atom. The van der Waals surface area contributed by atoms with Gasteiger partial charge in [0.25, 0.3) is 0 Å². The maximum atomic E-state index is 6.50. The van der Waals surface area contributed by atoms with E-state index in [1.807, 2.05) is 12.1 Å². The monoisotopic (exact) mass is 303 g/mol. The Labute approximate surface area is 130 Å². The minimum atomic E-state index is 0.144. The second-order valence-corrected chi connectivity index (χ2v) is 7.29. The fourth-order valence-electron chi connectivity index (χ4n) is 3.80. The van der Waals surface area contributed by atoms with Gasteiger partial charge in [0.15, 0.2) is 0 Å². The number of nitrogens with zero attached hydrogens (tertiary/aromatic N) is 2. The first kappa shape index (κ1) is 13.6. The highest BCUT2D eigenvalue weighted by atomic mass is 35.5. The minimum absolute atomic E-state index is 0.144. The van der Waals surface area contributed by atoms with Gasteiger partial charge in [-0.25, -0.2) is 4.98 Å². The van der Waals surface area contributed by atoms with Crippen molar-refractivity contribution in [3.05, 3.63) is 29.0 Å². The third-order valence-electron chi connectivity index (χ3n) is 5.31. The van der Waals surface area contributed by atoms with Gasteiger partial charge in [-0.2, -0.15) is 0 Å². The summed E-state index contributed by atoms with van der Waals surface area (Å²) >= 11 is 6.50. The van der Waals surface area contributed by atoms with Crippen LogP contribution in [0, 0.1) is 5.92 Å². The number of para-hydroxylation sites is 1. The van der Waals surface area contributed by atoms with Gasteiger partial charge in [0.2, 0.25) is 0 Å². The fourth-order valence-corrected chi connectivity index (χ4v) is 4.06. The molecule has 1 aliphatic heterocycles. The Balaban J connectivity index is 2.00. The number of hydrogen-bond donors (Lipinski definition) is 1. The van der Waals surface area contributed by atoms with E-state index in [0.29, 0.717) is 12.0 Å². The van der Waals surface area contributed by atoms with Crippen LogP contribution in [0.5, 0.6) is 0 Å². The van der Waals surface area contributed by atoms with Crippen LogP contribution in [0.4, 0.5) is 0 Å². The zero-order valence-electron chi connectivity index (χ0n) is 12.7. The Morgan fingerprint density at radius 1 is 1.38 bits per heavy atom. The topological polar surface area (TPSA) is 29.9 Å². The summed E-state index contributed by atoms with van der Waals surface area (Å²) in [4.78, 5) is 5.05. The summed E-state index contributed by atoms with van der Waals surface area (Å²) in [5.74, 6) is 1.83. The van der Waals surface area contributed by atoms with Crippen molar-refractivity contribution in [2.75, 3.05) is 13.1 Å². The smallest absolute Gasteiger partial charge is 0.118 e. The average molecular weight is 304 g/mol. The van der Waals surface area contributed by atoms with Crippen LogP contribution >= 0.6 is 11.6 Å². The molecule has 1 atom stereocenters. The second kappa shape index (κ2) is 4.72. The molecule has 0 amide bonds. The quantitative estimate of drug-likeness (QED) is 0.931. The van der Waals surface area contributed by atoms with Crippen molar-refractivity contribution in [2.45, 2.75) is 44.6 Å². The predicted molar refractivity (Wildman–Crippen MR) is 87.0 cm³/mol. The number of aromatic nitrogens is 2. The largest absolute Gasteiger partial charge is 0.323 e. The molecule has 2 aliphatic rings. The van der Waals surface area contributed by atoms with E-state index < -0.39 is 0 Å². The number of hydrogen-bond acceptors (Lipinski definition) is 2. The van der Waals surface area contributed by atoms with Crippen molar-refractivity contribution in [1.82, 2.24) is 14.9 Å². The molecule has 1 aromatic heterocycles. The van der Waals surface area contributed by atoms with Gasteiger partial charge in [-0.15, -0.1) is 0 Å². The minimum Gasteiger partial charge on any atom is -0.323 e. The molecule has 2 aromatic rings. The molecule has 0 bridgehead atoms. The number of fused-ring (bicyclic) bond motifs is 1. The zero-order valence-corrected chi connectivity index (χ0v) is 13.5. The molecule has 0 radical (unpaired) electrons. The predicted octanol–water partition coefficient (Wildman–Crippen LogP) is 3.91. The highest BCUT2D eigenvalue weighted by Gasteiger charge is 2.45. The Kier molecular flexibility index (Phi) is 3.05. The first-order valence-electron chi connectivity index (χ1n) is 8.01. The van der Waals surface area contributed by atoms with Crippen LogP contribution in [0.2, 0.25) is 5.02 Å². The van der Waals surface area contributed by atoms with E-state index in [0.717, 1.165) is 29.1 Å². The summed E-state index contributed by atoms with van der Waals surface area (Å²) in [5, 5.41) is 4.39. The maximum Gasteiger partial charge on any atom is 0.118 e. The first-order valence-corrected chi connectivity index (χ1v) is 8.39. The standard InChI is InChI=1S/C17H22ClN3/c1-11(2)17(8-9-19-10-17)16-20-14-5-3-4-13(18)15(14)21(16)12-6-7-12/h3-5,11-12,19H,6-10H2,1-2H3. The van der Waals surface area contributed by atoms with Crippen LogP contribution in [0.25, 0.3) is 11.0 Å². The van der Waals surface area contributed by atoms with Crippen LogP contribution in [0.3, 0.4) is 0 Å². The normalized spacial score (nSPS) is 26.1. The zero-order chi connectivity index (χ0) is 14.6. The molecule has 2 fully saturated rings. The van der Waals surface area contributed by atoms with E-state index in [4.69, 9.17) is 16.6 Å². The maximum absolute atomic E-state index is 6.50. The molecule has 112 valence electrons. The van der Waals surface area contributed by atoms with Crippen molar-refractivity contribution in [1.29, 1.82) is 0 Å². The molecule has 1 saturated carbocycles. The van der Waals surface area contributed by atoms with E-state index in [2.05, 4.69) is 29.8 Å². The lowest BCUT2D eigenvalue weighted by molar-refractivity contribution is 0.307. The molecule has 1 aliphatic carbocycles. The lowest BCUT2D eigenvalue weighted by atomic mass is 9.75. The summed E-state index contributed by atoms with van der Waals surface area (Å²) in [6.07, 6.45) is 3.68. The molecule has 1 aromatic carbocycles. The van der Waals surface area contributed by atoms with E-state index in [9.17, 15) is 0 Å². The van der Waals surface area contributed by atoms with Gasteiger partial charge in [-0.05, 0) is 43.9 Å². The van der Waals surface area contributed by atoms with Crippen LogP contribution < -0.4 is 5.32 Å². The molecule has 1 saturated heterocycles. The lowest BCUT2D eigenvalue weighted by Gasteiger charge is -2.32. The van der Waals surface area contributed by atoms with E-state index in [1.54, 1.807) is 0 Å². The first-order chi connectivity index (χ1) is 10.1. The molecule has 4 rings (SSSR count). The Hall–Kier alpha value is -1.06. The molecule has 3 nitrogen and oxygen atoms in total. The van der Waals surface area contributed by atoms with Gasteiger partial charge < -0.3 is 9.88 Å². The van der Waals surface area contributed by atoms with Crippen molar-refractivity contribution >= 4 is 22.6 Å². The summed E-state index contributed by atoms with van der Waals surface area (Å²) in [7, 11) is 0. The summed E-state index contributed by atoms with van der Waals surface area (Å²) < 4.78 is 2.46. The number of nitrogens with one attached hydrogen (secondary N) is 1. The Morgan fingerprint density at radius 2 is 2.19 bits per heavy atom. The number of rotatable bonds is 3. The van der Waals surface area contributed by atoms with Gasteiger partial charge >= 0.3 is 0 Å². The van der Waals surface area contributed by atoms with Crippen LogP contribution in [0.1, 0.15) is 45.0 Å². The molecule has 1 N–H and O–H groups in total. The molecule has 0 spiro atoms. The summed E-state index contributed by atoms with van der Waals surface area (Å²) in [5.41, 5.74) is 2.34. The summed E-state index contributed by atoms with van der Waals surface area (Å²) in [6.45, 7) is 6.76. The van der Waals surface area contributed by atoms with Gasteiger partial charge in [0.1, 0.15) is 5.82 Å². The van der Waals surface area contributed by atoms with Crippen LogP contribution in [-0.2, 0) is 5.41 Å². The summed E-state index contributed by atoms with van der Waals surface area (Å²) in [6, 6.07) is 6.69. The molecule has 4 heteroatoms. The fraction of sp³-hybridized carbons (Fsp3) is 0.588. The molecule has 21 heavy (non-hydrogen) atoms. The number of benzene rings is 1.